The van der Waals surface area contributed by atoms with E-state index in [1.54, 1.807) is 0 Å². The maximum absolute atomic E-state index is 5.93. The summed E-state index contributed by atoms with van der Waals surface area (Å²) in [5, 5.41) is 0. The summed E-state index contributed by atoms with van der Waals surface area (Å²) in [5.41, 5.74) is 2.43. The minimum atomic E-state index is -0.181. The molecule has 2 nitrogen and oxygen atoms in total. The van der Waals surface area contributed by atoms with Crippen molar-refractivity contribution in [2.75, 3.05) is 6.61 Å². The lowest BCUT2D eigenvalue weighted by Gasteiger charge is -2.27. The highest BCUT2D eigenvalue weighted by Crippen LogP contribution is 2.34. The van der Waals surface area contributed by atoms with Crippen LogP contribution in [0.25, 0.3) is 0 Å². The Balaban J connectivity index is 2.13. The summed E-state index contributed by atoms with van der Waals surface area (Å²) in [7, 11) is 0. The first kappa shape index (κ1) is 20.4. The molecule has 0 saturated carbocycles. The standard InChI is InChI=1S/C24H34O2/c1-22(2,3)17-25-20-13-9-18(10-14-20)24(7,8)19-11-15-21(16-12-19)26-23(4,5)6/h9-16H,17H2,1-8H3. The van der Waals surface area contributed by atoms with Crippen LogP contribution in [0.5, 0.6) is 11.5 Å². The van der Waals surface area contributed by atoms with E-state index < -0.39 is 0 Å². The van der Waals surface area contributed by atoms with Crippen LogP contribution in [0.2, 0.25) is 0 Å². The Bertz CT molecular complexity index is 696. The molecule has 0 aromatic heterocycles. The molecule has 0 aliphatic carbocycles. The highest BCUT2D eigenvalue weighted by molar-refractivity contribution is 5.41. The number of benzene rings is 2. The van der Waals surface area contributed by atoms with Crippen LogP contribution in [0.4, 0.5) is 0 Å². The van der Waals surface area contributed by atoms with E-state index >= 15 is 0 Å². The zero-order chi connectivity index (χ0) is 19.6. The van der Waals surface area contributed by atoms with Crippen molar-refractivity contribution in [3.05, 3.63) is 59.7 Å². The van der Waals surface area contributed by atoms with Crippen LogP contribution in [0.1, 0.15) is 66.5 Å². The van der Waals surface area contributed by atoms with Crippen molar-refractivity contribution in [1.82, 2.24) is 0 Å². The van der Waals surface area contributed by atoms with Gasteiger partial charge in [-0.15, -0.1) is 0 Å². The van der Waals surface area contributed by atoms with Crippen molar-refractivity contribution >= 4 is 0 Å². The molecular weight excluding hydrogens is 320 g/mol. The van der Waals surface area contributed by atoms with Gasteiger partial charge in [-0.3, -0.25) is 0 Å². The molecule has 0 aliphatic heterocycles. The predicted octanol–water partition coefficient (Wildman–Crippen LogP) is 6.61. The van der Waals surface area contributed by atoms with Gasteiger partial charge in [-0.2, -0.15) is 0 Å². The lowest BCUT2D eigenvalue weighted by molar-refractivity contribution is 0.131. The Kier molecular flexibility index (Phi) is 5.75. The second-order valence-corrected chi connectivity index (χ2v) is 9.74. The largest absolute Gasteiger partial charge is 0.493 e. The average Bonchev–Trinajstić information content (AvgIpc) is 2.52. The second-order valence-electron chi connectivity index (χ2n) is 9.74. The third-order valence-electron chi connectivity index (χ3n) is 4.25. The van der Waals surface area contributed by atoms with Crippen molar-refractivity contribution < 1.29 is 9.47 Å². The Hall–Kier alpha value is -1.96. The second kappa shape index (κ2) is 7.34. The van der Waals surface area contributed by atoms with Crippen molar-refractivity contribution in [1.29, 1.82) is 0 Å². The molecule has 0 bridgehead atoms. The van der Waals surface area contributed by atoms with Gasteiger partial charge in [0, 0.05) is 5.41 Å². The first-order valence-corrected chi connectivity index (χ1v) is 9.40. The summed E-state index contributed by atoms with van der Waals surface area (Å²) < 4.78 is 11.8. The third kappa shape index (κ3) is 5.79. The monoisotopic (exact) mass is 354 g/mol. The number of rotatable bonds is 5. The maximum atomic E-state index is 5.93. The average molecular weight is 355 g/mol. The Morgan fingerprint density at radius 3 is 1.42 bits per heavy atom. The van der Waals surface area contributed by atoms with Crippen LogP contribution in [-0.2, 0) is 5.41 Å². The van der Waals surface area contributed by atoms with E-state index in [-0.39, 0.29) is 16.4 Å². The van der Waals surface area contributed by atoms with Gasteiger partial charge >= 0.3 is 0 Å². The number of hydrogen-bond acceptors (Lipinski definition) is 2. The minimum Gasteiger partial charge on any atom is -0.493 e. The zero-order valence-electron chi connectivity index (χ0n) is 17.6. The molecule has 0 radical (unpaired) electrons. The molecule has 0 amide bonds. The Labute approximate surface area is 159 Å². The number of hydrogen-bond donors (Lipinski definition) is 0. The van der Waals surface area contributed by atoms with Crippen LogP contribution in [0.3, 0.4) is 0 Å². The van der Waals surface area contributed by atoms with Crippen LogP contribution < -0.4 is 9.47 Å². The first-order valence-electron chi connectivity index (χ1n) is 9.40. The van der Waals surface area contributed by atoms with Gasteiger partial charge < -0.3 is 9.47 Å². The van der Waals surface area contributed by atoms with E-state index in [0.717, 1.165) is 11.5 Å². The van der Waals surface area contributed by atoms with E-state index in [0.29, 0.717) is 6.61 Å². The Morgan fingerprint density at radius 1 is 0.615 bits per heavy atom. The van der Waals surface area contributed by atoms with Gasteiger partial charge in [0.15, 0.2) is 0 Å². The maximum Gasteiger partial charge on any atom is 0.120 e. The number of ether oxygens (including phenoxy) is 2. The van der Waals surface area contributed by atoms with Gasteiger partial charge in [0.25, 0.3) is 0 Å². The molecular formula is C24H34O2. The third-order valence-corrected chi connectivity index (χ3v) is 4.25. The molecule has 2 heteroatoms. The molecule has 26 heavy (non-hydrogen) atoms. The smallest absolute Gasteiger partial charge is 0.120 e. The van der Waals surface area contributed by atoms with Gasteiger partial charge in [-0.25, -0.2) is 0 Å². The highest BCUT2D eigenvalue weighted by Gasteiger charge is 2.23. The molecule has 2 aromatic rings. The summed E-state index contributed by atoms with van der Waals surface area (Å²) in [6.07, 6.45) is 0. The van der Waals surface area contributed by atoms with E-state index in [9.17, 15) is 0 Å². The molecule has 142 valence electrons. The molecule has 0 spiro atoms. The molecule has 2 rings (SSSR count). The summed E-state index contributed by atoms with van der Waals surface area (Å²) in [6.45, 7) is 17.9. The van der Waals surface area contributed by atoms with Crippen molar-refractivity contribution in [2.45, 2.75) is 66.4 Å². The molecule has 0 fully saturated rings. The molecule has 0 aliphatic rings. The molecule has 0 heterocycles. The molecule has 0 N–H and O–H groups in total. The predicted molar refractivity (Wildman–Crippen MR) is 110 cm³/mol. The quantitative estimate of drug-likeness (QED) is 0.601. The topological polar surface area (TPSA) is 18.5 Å². The summed E-state index contributed by atoms with van der Waals surface area (Å²) >= 11 is 0. The van der Waals surface area contributed by atoms with E-state index in [4.69, 9.17) is 9.47 Å². The molecule has 2 aromatic carbocycles. The SMILES string of the molecule is CC(C)(C)COc1ccc(C(C)(C)c2ccc(OC(C)(C)C)cc2)cc1. The zero-order valence-corrected chi connectivity index (χ0v) is 17.6. The van der Waals surface area contributed by atoms with E-state index in [2.05, 4.69) is 104 Å². The fraction of sp³-hybridized carbons (Fsp3) is 0.500. The van der Waals surface area contributed by atoms with E-state index in [1.807, 2.05) is 0 Å². The van der Waals surface area contributed by atoms with Crippen molar-refractivity contribution in [3.63, 3.8) is 0 Å². The lowest BCUT2D eigenvalue weighted by atomic mass is 9.78. The first-order chi connectivity index (χ1) is 11.9. The lowest BCUT2D eigenvalue weighted by Crippen LogP contribution is -2.23. The Morgan fingerprint density at radius 2 is 1.04 bits per heavy atom. The van der Waals surface area contributed by atoms with Crippen molar-refractivity contribution in [2.24, 2.45) is 5.41 Å². The molecule has 0 atom stereocenters. The fourth-order valence-electron chi connectivity index (χ4n) is 2.73. The summed E-state index contributed by atoms with van der Waals surface area (Å²) in [6, 6.07) is 16.9. The van der Waals surface area contributed by atoms with Crippen LogP contribution in [0, 0.1) is 5.41 Å². The van der Waals surface area contributed by atoms with Crippen LogP contribution >= 0.6 is 0 Å². The van der Waals surface area contributed by atoms with Gasteiger partial charge in [0.2, 0.25) is 0 Å². The van der Waals surface area contributed by atoms with Gasteiger partial charge in [0.1, 0.15) is 17.1 Å². The summed E-state index contributed by atoms with van der Waals surface area (Å²) in [4.78, 5) is 0. The summed E-state index contributed by atoms with van der Waals surface area (Å²) in [5.74, 6) is 1.83. The molecule has 0 unspecified atom stereocenters. The highest BCUT2D eigenvalue weighted by atomic mass is 16.5. The van der Waals surface area contributed by atoms with Crippen LogP contribution in [0.15, 0.2) is 48.5 Å². The van der Waals surface area contributed by atoms with E-state index in [1.165, 1.54) is 11.1 Å². The van der Waals surface area contributed by atoms with Crippen LogP contribution in [-0.4, -0.2) is 12.2 Å². The normalized spacial score (nSPS) is 12.8. The van der Waals surface area contributed by atoms with Gasteiger partial charge in [-0.05, 0) is 61.6 Å². The van der Waals surface area contributed by atoms with Gasteiger partial charge in [0.05, 0.1) is 6.61 Å². The fourth-order valence-corrected chi connectivity index (χ4v) is 2.73. The van der Waals surface area contributed by atoms with Crippen molar-refractivity contribution in [3.8, 4) is 11.5 Å². The molecule has 0 saturated heterocycles. The van der Waals surface area contributed by atoms with Gasteiger partial charge in [-0.1, -0.05) is 58.9 Å². The minimum absolute atomic E-state index is 0.0805.